The topological polar surface area (TPSA) is 95.1 Å². The molecule has 4 rings (SSSR count). The average Bonchev–Trinajstić information content (AvgIpc) is 3.42. The molecule has 0 radical (unpaired) electrons. The van der Waals surface area contributed by atoms with E-state index in [0.717, 1.165) is 55.0 Å². The molecule has 2 atom stereocenters. The Bertz CT molecular complexity index is 1020. The molecule has 2 aliphatic heterocycles. The van der Waals surface area contributed by atoms with Crippen LogP contribution in [0.1, 0.15) is 57.8 Å². The van der Waals surface area contributed by atoms with Crippen molar-refractivity contribution in [1.82, 2.24) is 10.8 Å². The van der Waals surface area contributed by atoms with Crippen molar-refractivity contribution in [2.45, 2.75) is 70.3 Å². The fourth-order valence-corrected chi connectivity index (χ4v) is 4.32. The maximum Gasteiger partial charge on any atom is 0.252 e. The van der Waals surface area contributed by atoms with Crippen molar-refractivity contribution in [2.24, 2.45) is 0 Å². The molecule has 2 aromatic rings. The van der Waals surface area contributed by atoms with Crippen LogP contribution in [-0.4, -0.2) is 44.2 Å². The third-order valence-electron chi connectivity index (χ3n) is 6.34. The molecule has 0 bridgehead atoms. The van der Waals surface area contributed by atoms with Crippen molar-refractivity contribution < 1.29 is 28.6 Å². The Labute approximate surface area is 212 Å². The Balaban J connectivity index is 1.27. The van der Waals surface area contributed by atoms with Crippen LogP contribution in [0.4, 0.5) is 0 Å². The van der Waals surface area contributed by atoms with E-state index in [4.69, 9.17) is 19.0 Å². The molecule has 2 heterocycles. The summed E-state index contributed by atoms with van der Waals surface area (Å²) in [7, 11) is 0. The number of nitrogens with one attached hydrogen (secondary N) is 2. The van der Waals surface area contributed by atoms with Crippen molar-refractivity contribution in [2.75, 3.05) is 19.8 Å². The maximum absolute atomic E-state index is 13.0. The van der Waals surface area contributed by atoms with E-state index in [1.165, 1.54) is 0 Å². The first-order valence-corrected chi connectivity index (χ1v) is 13.0. The van der Waals surface area contributed by atoms with Crippen LogP contribution in [0.2, 0.25) is 0 Å². The van der Waals surface area contributed by atoms with Gasteiger partial charge in [-0.05, 0) is 56.4 Å². The standard InChI is InChI=1S/C28H36N2O6/c31-25(30-36-27-17-6-7-18-34-27)15-3-1-2-11-22(28(32)29-26-16-9-19-33-26)20-35-24-14-8-12-21-10-4-5-13-23(21)24/h4-5,8,10-14,26-27H,1-3,6-7,9,15-20H2,(H,29,32)(H,30,31)/b22-11+. The van der Waals surface area contributed by atoms with Crippen molar-refractivity contribution in [3.63, 3.8) is 0 Å². The fourth-order valence-electron chi connectivity index (χ4n) is 4.32. The van der Waals surface area contributed by atoms with Crippen LogP contribution in [-0.2, 0) is 23.9 Å². The zero-order valence-electron chi connectivity index (χ0n) is 20.7. The molecule has 0 spiro atoms. The van der Waals surface area contributed by atoms with E-state index in [1.807, 2.05) is 48.5 Å². The zero-order valence-corrected chi connectivity index (χ0v) is 20.7. The highest BCUT2D eigenvalue weighted by atomic mass is 16.8. The van der Waals surface area contributed by atoms with Crippen molar-refractivity contribution in [3.8, 4) is 5.75 Å². The molecular formula is C28H36N2O6. The molecule has 0 aromatic heterocycles. The highest BCUT2D eigenvalue weighted by Gasteiger charge is 2.20. The second-order valence-electron chi connectivity index (χ2n) is 9.16. The fraction of sp³-hybridized carbons (Fsp3) is 0.500. The summed E-state index contributed by atoms with van der Waals surface area (Å²) in [6, 6.07) is 13.9. The number of carbonyl (C=O) groups excluding carboxylic acids is 2. The summed E-state index contributed by atoms with van der Waals surface area (Å²) in [5.74, 6) is 0.395. The van der Waals surface area contributed by atoms with Gasteiger partial charge in [-0.1, -0.05) is 42.5 Å². The first kappa shape index (κ1) is 26.1. The summed E-state index contributed by atoms with van der Waals surface area (Å²) >= 11 is 0. The third-order valence-corrected chi connectivity index (χ3v) is 6.34. The molecule has 2 saturated heterocycles. The van der Waals surface area contributed by atoms with Gasteiger partial charge < -0.3 is 19.5 Å². The number of rotatable bonds is 12. The lowest BCUT2D eigenvalue weighted by Crippen LogP contribution is -2.36. The van der Waals surface area contributed by atoms with Crippen LogP contribution in [0.3, 0.4) is 0 Å². The molecule has 2 unspecified atom stereocenters. The molecule has 0 aliphatic carbocycles. The lowest BCUT2D eigenvalue weighted by atomic mass is 10.1. The van der Waals surface area contributed by atoms with Gasteiger partial charge in [-0.2, -0.15) is 0 Å². The van der Waals surface area contributed by atoms with Crippen LogP contribution in [0, 0.1) is 0 Å². The number of hydrogen-bond donors (Lipinski definition) is 2. The molecule has 0 saturated carbocycles. The summed E-state index contributed by atoms with van der Waals surface area (Å²) in [5, 5.41) is 5.05. The van der Waals surface area contributed by atoms with Crippen molar-refractivity contribution in [1.29, 1.82) is 0 Å². The molecular weight excluding hydrogens is 460 g/mol. The van der Waals surface area contributed by atoms with E-state index in [-0.39, 0.29) is 30.9 Å². The van der Waals surface area contributed by atoms with Crippen LogP contribution in [0.15, 0.2) is 54.1 Å². The zero-order chi connectivity index (χ0) is 25.0. The number of unbranched alkanes of at least 4 members (excludes halogenated alkanes) is 2. The number of hydrogen-bond acceptors (Lipinski definition) is 6. The number of hydroxylamine groups is 1. The van der Waals surface area contributed by atoms with Crippen LogP contribution in [0.5, 0.6) is 5.75 Å². The number of ether oxygens (including phenoxy) is 3. The highest BCUT2D eigenvalue weighted by Crippen LogP contribution is 2.25. The second-order valence-corrected chi connectivity index (χ2v) is 9.16. The van der Waals surface area contributed by atoms with Gasteiger partial charge in [-0.25, -0.2) is 10.3 Å². The minimum atomic E-state index is -0.350. The van der Waals surface area contributed by atoms with Gasteiger partial charge in [0, 0.05) is 31.4 Å². The summed E-state index contributed by atoms with van der Waals surface area (Å²) in [5.41, 5.74) is 3.04. The maximum atomic E-state index is 13.0. The molecule has 2 amide bonds. The molecule has 2 aliphatic rings. The van der Waals surface area contributed by atoms with E-state index in [2.05, 4.69) is 10.8 Å². The Morgan fingerprint density at radius 3 is 2.67 bits per heavy atom. The third kappa shape index (κ3) is 8.05. The van der Waals surface area contributed by atoms with E-state index in [1.54, 1.807) is 0 Å². The number of allylic oxidation sites excluding steroid dienone is 1. The second kappa shape index (κ2) is 14.0. The first-order valence-electron chi connectivity index (χ1n) is 13.0. The summed E-state index contributed by atoms with van der Waals surface area (Å²) in [6.07, 6.45) is 8.37. The van der Waals surface area contributed by atoms with Crippen LogP contribution in [0.25, 0.3) is 10.8 Å². The average molecular weight is 497 g/mol. The summed E-state index contributed by atoms with van der Waals surface area (Å²) in [6.45, 7) is 1.48. The van der Waals surface area contributed by atoms with Gasteiger partial charge in [0.15, 0.2) is 6.29 Å². The summed E-state index contributed by atoms with van der Waals surface area (Å²) < 4.78 is 17.1. The smallest absolute Gasteiger partial charge is 0.252 e. The number of benzene rings is 2. The number of amides is 2. The van der Waals surface area contributed by atoms with E-state index in [0.29, 0.717) is 38.0 Å². The van der Waals surface area contributed by atoms with Gasteiger partial charge >= 0.3 is 0 Å². The molecule has 2 fully saturated rings. The molecule has 2 aromatic carbocycles. The lowest BCUT2D eigenvalue weighted by Gasteiger charge is -2.22. The summed E-state index contributed by atoms with van der Waals surface area (Å²) in [4.78, 5) is 30.3. The van der Waals surface area contributed by atoms with Gasteiger partial charge in [0.05, 0.1) is 5.57 Å². The van der Waals surface area contributed by atoms with Gasteiger partial charge in [-0.15, -0.1) is 0 Å². The Morgan fingerprint density at radius 2 is 1.83 bits per heavy atom. The Kier molecular flexibility index (Phi) is 10.1. The molecule has 36 heavy (non-hydrogen) atoms. The lowest BCUT2D eigenvalue weighted by molar-refractivity contribution is -0.200. The van der Waals surface area contributed by atoms with Gasteiger partial charge in [0.1, 0.15) is 18.6 Å². The number of fused-ring (bicyclic) bond motifs is 1. The van der Waals surface area contributed by atoms with Crippen molar-refractivity contribution in [3.05, 3.63) is 54.1 Å². The highest BCUT2D eigenvalue weighted by molar-refractivity contribution is 5.94. The van der Waals surface area contributed by atoms with E-state index in [9.17, 15) is 9.59 Å². The monoisotopic (exact) mass is 496 g/mol. The first-order chi connectivity index (χ1) is 17.7. The van der Waals surface area contributed by atoms with E-state index < -0.39 is 0 Å². The molecule has 2 N–H and O–H groups in total. The van der Waals surface area contributed by atoms with E-state index >= 15 is 0 Å². The molecule has 194 valence electrons. The van der Waals surface area contributed by atoms with Crippen LogP contribution < -0.4 is 15.5 Å². The number of carbonyl (C=O) groups is 2. The Morgan fingerprint density at radius 1 is 0.972 bits per heavy atom. The predicted octanol–water partition coefficient (Wildman–Crippen LogP) is 4.53. The largest absolute Gasteiger partial charge is 0.488 e. The minimum Gasteiger partial charge on any atom is -0.488 e. The predicted molar refractivity (Wildman–Crippen MR) is 136 cm³/mol. The van der Waals surface area contributed by atoms with Crippen molar-refractivity contribution >= 4 is 22.6 Å². The van der Waals surface area contributed by atoms with Gasteiger partial charge in [0.2, 0.25) is 5.91 Å². The molecule has 8 heteroatoms. The van der Waals surface area contributed by atoms with Gasteiger partial charge in [0.25, 0.3) is 5.91 Å². The molecule has 8 nitrogen and oxygen atoms in total. The van der Waals surface area contributed by atoms with Crippen LogP contribution >= 0.6 is 0 Å². The SMILES string of the molecule is O=C(CCCC/C=C(\COc1cccc2ccccc12)C(=O)NC1CCCO1)NOC1CCCCO1. The Hall–Kier alpha value is -2.94. The minimum absolute atomic E-state index is 0.155. The van der Waals surface area contributed by atoms with Gasteiger partial charge in [-0.3, -0.25) is 9.59 Å². The quantitative estimate of drug-likeness (QED) is 0.255. The normalized spacial score (nSPS) is 20.3.